The highest BCUT2D eigenvalue weighted by Gasteiger charge is 2.16. The zero-order valence-electron chi connectivity index (χ0n) is 11.2. The van der Waals surface area contributed by atoms with E-state index in [0.29, 0.717) is 17.1 Å². The van der Waals surface area contributed by atoms with Gasteiger partial charge in [0.2, 0.25) is 0 Å². The summed E-state index contributed by atoms with van der Waals surface area (Å²) in [4.78, 5) is 0. The largest absolute Gasteiger partial charge is 0.306 e. The molecule has 2 unspecified atom stereocenters. The van der Waals surface area contributed by atoms with E-state index in [4.69, 9.17) is 23.2 Å². The molecule has 0 aliphatic rings. The minimum absolute atomic E-state index is 0.298. The molecule has 2 atom stereocenters. The molecule has 0 aliphatic carbocycles. The quantitative estimate of drug-likeness (QED) is 0.745. The van der Waals surface area contributed by atoms with Crippen molar-refractivity contribution in [3.63, 3.8) is 0 Å². The fraction of sp³-hybridized carbons (Fsp3) is 0.571. The third-order valence-corrected chi connectivity index (χ3v) is 4.34. The molecule has 1 rings (SSSR count). The Morgan fingerprint density at radius 3 is 2.44 bits per heavy atom. The number of benzene rings is 1. The first-order valence-electron chi connectivity index (χ1n) is 6.32. The molecular weight excluding hydrogens is 285 g/mol. The molecule has 102 valence electrons. The Kier molecular flexibility index (Phi) is 7.47. The number of nitrogens with one attached hydrogen (secondary N) is 1. The summed E-state index contributed by atoms with van der Waals surface area (Å²) < 4.78 is 0. The molecule has 0 aromatic heterocycles. The van der Waals surface area contributed by atoms with E-state index < -0.39 is 0 Å². The van der Waals surface area contributed by atoms with Crippen LogP contribution < -0.4 is 5.32 Å². The number of hydrogen-bond donors (Lipinski definition) is 1. The third-order valence-electron chi connectivity index (χ3n) is 3.04. The van der Waals surface area contributed by atoms with Crippen LogP contribution in [0.4, 0.5) is 0 Å². The summed E-state index contributed by atoms with van der Waals surface area (Å²) in [6.45, 7) is 4.39. The van der Waals surface area contributed by atoms with Gasteiger partial charge in [0.25, 0.3) is 0 Å². The predicted molar refractivity (Wildman–Crippen MR) is 85.1 cm³/mol. The highest BCUT2D eigenvalue weighted by molar-refractivity contribution is 7.98. The van der Waals surface area contributed by atoms with Crippen LogP contribution in [0.15, 0.2) is 18.2 Å². The van der Waals surface area contributed by atoms with Crippen LogP contribution in [0.2, 0.25) is 10.0 Å². The summed E-state index contributed by atoms with van der Waals surface area (Å²) >= 11 is 14.1. The summed E-state index contributed by atoms with van der Waals surface area (Å²) in [5.74, 6) is 1.12. The first-order valence-corrected chi connectivity index (χ1v) is 8.47. The Labute approximate surface area is 125 Å². The van der Waals surface area contributed by atoms with Crippen molar-refractivity contribution in [2.75, 3.05) is 12.0 Å². The molecule has 18 heavy (non-hydrogen) atoms. The maximum Gasteiger partial charge on any atom is 0.0468 e. The van der Waals surface area contributed by atoms with Crippen LogP contribution >= 0.6 is 35.0 Å². The van der Waals surface area contributed by atoms with E-state index in [0.717, 1.165) is 29.2 Å². The zero-order chi connectivity index (χ0) is 13.5. The average Bonchev–Trinajstić information content (AvgIpc) is 2.35. The van der Waals surface area contributed by atoms with Gasteiger partial charge in [-0.25, -0.2) is 0 Å². The third kappa shape index (κ3) is 4.65. The van der Waals surface area contributed by atoms with E-state index in [1.165, 1.54) is 0 Å². The first kappa shape index (κ1) is 16.2. The van der Waals surface area contributed by atoms with Gasteiger partial charge in [0.15, 0.2) is 0 Å². The van der Waals surface area contributed by atoms with Crippen LogP contribution in [0.3, 0.4) is 0 Å². The van der Waals surface area contributed by atoms with Crippen molar-refractivity contribution < 1.29 is 0 Å². The molecule has 0 saturated carbocycles. The van der Waals surface area contributed by atoms with Crippen LogP contribution in [-0.2, 0) is 0 Å². The van der Waals surface area contributed by atoms with Crippen molar-refractivity contribution in [2.24, 2.45) is 0 Å². The molecule has 0 fully saturated rings. The Bertz CT molecular complexity index is 371. The normalized spacial score (nSPS) is 14.5. The Balaban J connectivity index is 2.81. The lowest BCUT2D eigenvalue weighted by Crippen LogP contribution is -2.34. The van der Waals surface area contributed by atoms with Gasteiger partial charge >= 0.3 is 0 Å². The number of hydrogen-bond acceptors (Lipinski definition) is 2. The average molecular weight is 306 g/mol. The van der Waals surface area contributed by atoms with Crippen LogP contribution in [0.5, 0.6) is 0 Å². The SMILES string of the molecule is CCC(CSC)NC(CC)c1ccc(Cl)cc1Cl. The molecule has 0 aliphatic heterocycles. The standard InChI is InChI=1S/C14H21Cl2NS/c1-4-11(9-18-3)17-14(5-2)12-7-6-10(15)8-13(12)16/h6-8,11,14,17H,4-5,9H2,1-3H3. The molecule has 0 saturated heterocycles. The topological polar surface area (TPSA) is 12.0 Å². The predicted octanol–water partition coefficient (Wildman–Crippen LogP) is 5.18. The fourth-order valence-electron chi connectivity index (χ4n) is 1.98. The Morgan fingerprint density at radius 2 is 1.94 bits per heavy atom. The molecule has 0 radical (unpaired) electrons. The van der Waals surface area contributed by atoms with Crippen molar-refractivity contribution in [3.8, 4) is 0 Å². The van der Waals surface area contributed by atoms with Gasteiger partial charge in [-0.05, 0) is 36.8 Å². The minimum Gasteiger partial charge on any atom is -0.306 e. The van der Waals surface area contributed by atoms with Gasteiger partial charge in [0, 0.05) is 27.9 Å². The van der Waals surface area contributed by atoms with Gasteiger partial charge in [-0.2, -0.15) is 11.8 Å². The minimum atomic E-state index is 0.298. The highest BCUT2D eigenvalue weighted by Crippen LogP contribution is 2.28. The molecule has 0 amide bonds. The van der Waals surface area contributed by atoms with Crippen molar-refractivity contribution in [3.05, 3.63) is 33.8 Å². The van der Waals surface area contributed by atoms with Crippen LogP contribution in [0.1, 0.15) is 38.3 Å². The van der Waals surface area contributed by atoms with Gasteiger partial charge in [0.05, 0.1) is 0 Å². The van der Waals surface area contributed by atoms with Gasteiger partial charge in [-0.3, -0.25) is 0 Å². The number of rotatable bonds is 7. The van der Waals surface area contributed by atoms with Gasteiger partial charge in [-0.15, -0.1) is 0 Å². The Hall–Kier alpha value is 0.110. The molecule has 0 spiro atoms. The molecule has 0 bridgehead atoms. The lowest BCUT2D eigenvalue weighted by molar-refractivity contribution is 0.442. The molecule has 4 heteroatoms. The summed E-state index contributed by atoms with van der Waals surface area (Å²) in [6, 6.07) is 6.57. The lowest BCUT2D eigenvalue weighted by Gasteiger charge is -2.25. The lowest BCUT2D eigenvalue weighted by atomic mass is 10.0. The fourth-order valence-corrected chi connectivity index (χ4v) is 3.26. The van der Waals surface area contributed by atoms with E-state index in [1.54, 1.807) is 0 Å². The van der Waals surface area contributed by atoms with Crippen molar-refractivity contribution in [1.82, 2.24) is 5.32 Å². The summed E-state index contributed by atoms with van der Waals surface area (Å²) in [5, 5.41) is 5.12. The van der Waals surface area contributed by atoms with E-state index >= 15 is 0 Å². The van der Waals surface area contributed by atoms with E-state index in [2.05, 4.69) is 25.4 Å². The maximum absolute atomic E-state index is 6.28. The maximum atomic E-state index is 6.28. The summed E-state index contributed by atoms with van der Waals surface area (Å²) in [7, 11) is 0. The molecule has 1 nitrogen and oxygen atoms in total. The van der Waals surface area contributed by atoms with Gasteiger partial charge in [0.1, 0.15) is 0 Å². The molecule has 1 aromatic rings. The molecule has 1 N–H and O–H groups in total. The summed E-state index contributed by atoms with van der Waals surface area (Å²) in [5.41, 5.74) is 1.14. The number of halogens is 2. The van der Waals surface area contributed by atoms with E-state index in [1.807, 2.05) is 30.0 Å². The monoisotopic (exact) mass is 305 g/mol. The molecular formula is C14H21Cl2NS. The molecule has 1 aromatic carbocycles. The van der Waals surface area contributed by atoms with Crippen LogP contribution in [0, 0.1) is 0 Å². The van der Waals surface area contributed by atoms with Crippen molar-refractivity contribution in [1.29, 1.82) is 0 Å². The first-order chi connectivity index (χ1) is 8.62. The van der Waals surface area contributed by atoms with Crippen molar-refractivity contribution in [2.45, 2.75) is 38.8 Å². The smallest absolute Gasteiger partial charge is 0.0468 e. The second-order valence-electron chi connectivity index (χ2n) is 4.35. The van der Waals surface area contributed by atoms with Crippen LogP contribution in [-0.4, -0.2) is 18.1 Å². The molecule has 0 heterocycles. The second-order valence-corrected chi connectivity index (χ2v) is 6.11. The van der Waals surface area contributed by atoms with E-state index in [-0.39, 0.29) is 0 Å². The van der Waals surface area contributed by atoms with Gasteiger partial charge in [-0.1, -0.05) is 43.1 Å². The Morgan fingerprint density at radius 1 is 1.22 bits per heavy atom. The van der Waals surface area contributed by atoms with Crippen LogP contribution in [0.25, 0.3) is 0 Å². The van der Waals surface area contributed by atoms with Gasteiger partial charge < -0.3 is 5.32 Å². The second kappa shape index (κ2) is 8.31. The van der Waals surface area contributed by atoms with Crippen molar-refractivity contribution >= 4 is 35.0 Å². The van der Waals surface area contributed by atoms with E-state index in [9.17, 15) is 0 Å². The zero-order valence-corrected chi connectivity index (χ0v) is 13.5. The highest BCUT2D eigenvalue weighted by atomic mass is 35.5. The number of thioether (sulfide) groups is 1. The summed E-state index contributed by atoms with van der Waals surface area (Å²) in [6.07, 6.45) is 4.29.